The number of carbonyl (C=O) groups is 1. The molecule has 1 amide bonds. The van der Waals surface area contributed by atoms with Crippen molar-refractivity contribution in [3.63, 3.8) is 0 Å². The van der Waals surface area contributed by atoms with Crippen molar-refractivity contribution in [2.45, 2.75) is 0 Å². The fourth-order valence-corrected chi connectivity index (χ4v) is 2.43. The number of benzene rings is 2. The number of aromatic nitrogens is 1. The number of anilines is 3. The lowest BCUT2D eigenvalue weighted by molar-refractivity contribution is 0.102. The molecule has 0 aliphatic rings. The molecule has 0 atom stereocenters. The van der Waals surface area contributed by atoms with Gasteiger partial charge in [0.25, 0.3) is 5.91 Å². The number of carbonyl (C=O) groups excluding carboxylic acids is 1. The van der Waals surface area contributed by atoms with Gasteiger partial charge in [-0.05, 0) is 48.5 Å². The number of amides is 1. The van der Waals surface area contributed by atoms with Crippen molar-refractivity contribution in [3.8, 4) is 5.75 Å². The Morgan fingerprint density at radius 2 is 1.72 bits per heavy atom. The van der Waals surface area contributed by atoms with Gasteiger partial charge in [-0.15, -0.1) is 0 Å². The second kappa shape index (κ2) is 7.68. The van der Waals surface area contributed by atoms with Gasteiger partial charge in [-0.1, -0.05) is 23.7 Å². The predicted molar refractivity (Wildman–Crippen MR) is 99.9 cm³/mol. The van der Waals surface area contributed by atoms with Crippen molar-refractivity contribution in [2.24, 2.45) is 0 Å². The molecular formula is C19H16ClN3O2. The van der Waals surface area contributed by atoms with Gasteiger partial charge < -0.3 is 15.4 Å². The van der Waals surface area contributed by atoms with Gasteiger partial charge in [0.05, 0.1) is 29.6 Å². The number of nitrogens with one attached hydrogen (secondary N) is 2. The SMILES string of the molecule is COc1ccc(Nc2ccc(NC(=O)c3ccccc3Cl)cn2)cc1. The first-order valence-corrected chi connectivity index (χ1v) is 7.96. The first-order valence-electron chi connectivity index (χ1n) is 7.59. The number of hydrogen-bond donors (Lipinski definition) is 2. The molecule has 3 rings (SSSR count). The molecule has 0 bridgehead atoms. The monoisotopic (exact) mass is 353 g/mol. The van der Waals surface area contributed by atoms with Crippen LogP contribution >= 0.6 is 11.6 Å². The van der Waals surface area contributed by atoms with E-state index in [9.17, 15) is 4.79 Å². The van der Waals surface area contributed by atoms with Crippen LogP contribution in [-0.2, 0) is 0 Å². The normalized spacial score (nSPS) is 10.2. The molecule has 0 aliphatic carbocycles. The molecule has 126 valence electrons. The molecule has 0 aliphatic heterocycles. The van der Waals surface area contributed by atoms with Crippen molar-refractivity contribution in [1.29, 1.82) is 0 Å². The maximum atomic E-state index is 12.2. The minimum atomic E-state index is -0.275. The van der Waals surface area contributed by atoms with Gasteiger partial charge in [-0.25, -0.2) is 4.98 Å². The number of hydrogen-bond acceptors (Lipinski definition) is 4. The third-order valence-electron chi connectivity index (χ3n) is 3.50. The number of nitrogens with zero attached hydrogens (tertiary/aromatic N) is 1. The van der Waals surface area contributed by atoms with Crippen LogP contribution in [0.5, 0.6) is 5.75 Å². The smallest absolute Gasteiger partial charge is 0.257 e. The summed E-state index contributed by atoms with van der Waals surface area (Å²) in [4.78, 5) is 16.5. The molecule has 0 saturated heterocycles. The largest absolute Gasteiger partial charge is 0.497 e. The molecule has 25 heavy (non-hydrogen) atoms. The van der Waals surface area contributed by atoms with E-state index in [0.717, 1.165) is 11.4 Å². The minimum absolute atomic E-state index is 0.275. The Bertz CT molecular complexity index is 865. The van der Waals surface area contributed by atoms with Gasteiger partial charge in [0.2, 0.25) is 0 Å². The molecule has 6 heteroatoms. The zero-order valence-corrected chi connectivity index (χ0v) is 14.2. The van der Waals surface area contributed by atoms with Gasteiger partial charge in [-0.3, -0.25) is 4.79 Å². The van der Waals surface area contributed by atoms with E-state index in [0.29, 0.717) is 22.1 Å². The van der Waals surface area contributed by atoms with Crippen molar-refractivity contribution < 1.29 is 9.53 Å². The van der Waals surface area contributed by atoms with Crippen LogP contribution in [0.25, 0.3) is 0 Å². The molecule has 5 nitrogen and oxygen atoms in total. The second-order valence-electron chi connectivity index (χ2n) is 5.22. The van der Waals surface area contributed by atoms with Crippen LogP contribution < -0.4 is 15.4 Å². The summed E-state index contributed by atoms with van der Waals surface area (Å²) >= 11 is 6.03. The molecule has 0 spiro atoms. The summed E-state index contributed by atoms with van der Waals surface area (Å²) in [5, 5.41) is 6.36. The van der Waals surface area contributed by atoms with Gasteiger partial charge >= 0.3 is 0 Å². The summed E-state index contributed by atoms with van der Waals surface area (Å²) in [6, 6.07) is 18.0. The highest BCUT2D eigenvalue weighted by atomic mass is 35.5. The van der Waals surface area contributed by atoms with Crippen LogP contribution in [0.4, 0.5) is 17.2 Å². The number of ether oxygens (including phenoxy) is 1. The lowest BCUT2D eigenvalue weighted by Gasteiger charge is -2.09. The lowest BCUT2D eigenvalue weighted by Crippen LogP contribution is -2.12. The molecule has 3 aromatic rings. The molecule has 0 unspecified atom stereocenters. The van der Waals surface area contributed by atoms with Crippen LogP contribution in [0.15, 0.2) is 66.9 Å². The fraction of sp³-hybridized carbons (Fsp3) is 0.0526. The van der Waals surface area contributed by atoms with E-state index in [-0.39, 0.29) is 5.91 Å². The second-order valence-corrected chi connectivity index (χ2v) is 5.63. The van der Waals surface area contributed by atoms with Crippen molar-refractivity contribution in [2.75, 3.05) is 17.7 Å². The minimum Gasteiger partial charge on any atom is -0.497 e. The number of halogens is 1. The summed E-state index contributed by atoms with van der Waals surface area (Å²) < 4.78 is 5.12. The molecule has 0 fully saturated rings. The van der Waals surface area contributed by atoms with E-state index in [1.165, 1.54) is 0 Å². The molecule has 0 saturated carbocycles. The predicted octanol–water partition coefficient (Wildman–Crippen LogP) is 4.74. The molecule has 0 radical (unpaired) electrons. The van der Waals surface area contributed by atoms with Crippen LogP contribution in [0.1, 0.15) is 10.4 Å². The Labute approximate surface area is 150 Å². The van der Waals surface area contributed by atoms with E-state index >= 15 is 0 Å². The molecular weight excluding hydrogens is 338 g/mol. The Kier molecular flexibility index (Phi) is 5.16. The fourth-order valence-electron chi connectivity index (χ4n) is 2.21. The standard InChI is InChI=1S/C19H16ClN3O2/c1-25-15-9-6-13(7-10-15)22-18-11-8-14(12-21-18)23-19(24)16-4-2-3-5-17(16)20/h2-12H,1H3,(H,21,22)(H,23,24). The van der Waals surface area contributed by atoms with Crippen LogP contribution in [0, 0.1) is 0 Å². The highest BCUT2D eigenvalue weighted by Crippen LogP contribution is 2.20. The average Bonchev–Trinajstić information content (AvgIpc) is 2.64. The highest BCUT2D eigenvalue weighted by Gasteiger charge is 2.09. The summed E-state index contributed by atoms with van der Waals surface area (Å²) in [7, 11) is 1.62. The lowest BCUT2D eigenvalue weighted by atomic mass is 10.2. The van der Waals surface area contributed by atoms with E-state index in [1.807, 2.05) is 24.3 Å². The highest BCUT2D eigenvalue weighted by molar-refractivity contribution is 6.34. The van der Waals surface area contributed by atoms with E-state index in [1.54, 1.807) is 49.7 Å². The van der Waals surface area contributed by atoms with Crippen molar-refractivity contribution in [3.05, 3.63) is 77.4 Å². The van der Waals surface area contributed by atoms with Crippen LogP contribution in [0.3, 0.4) is 0 Å². The summed E-state index contributed by atoms with van der Waals surface area (Å²) in [5.74, 6) is 1.18. The number of rotatable bonds is 5. The third-order valence-corrected chi connectivity index (χ3v) is 3.83. The quantitative estimate of drug-likeness (QED) is 0.695. The third kappa shape index (κ3) is 4.28. The summed E-state index contributed by atoms with van der Waals surface area (Å²) in [6.07, 6.45) is 1.58. The van der Waals surface area contributed by atoms with Crippen LogP contribution in [-0.4, -0.2) is 18.0 Å². The Morgan fingerprint density at radius 1 is 1.00 bits per heavy atom. The van der Waals surface area contributed by atoms with E-state index in [2.05, 4.69) is 15.6 Å². The van der Waals surface area contributed by atoms with Crippen molar-refractivity contribution >= 4 is 34.7 Å². The van der Waals surface area contributed by atoms with Crippen molar-refractivity contribution in [1.82, 2.24) is 4.98 Å². The summed E-state index contributed by atoms with van der Waals surface area (Å²) in [5.41, 5.74) is 1.90. The van der Waals surface area contributed by atoms with E-state index < -0.39 is 0 Å². The Hall–Kier alpha value is -3.05. The zero-order valence-electron chi connectivity index (χ0n) is 13.5. The van der Waals surface area contributed by atoms with E-state index in [4.69, 9.17) is 16.3 Å². The topological polar surface area (TPSA) is 63.2 Å². The zero-order chi connectivity index (χ0) is 17.6. The Balaban J connectivity index is 1.65. The summed E-state index contributed by atoms with van der Waals surface area (Å²) in [6.45, 7) is 0. The Morgan fingerprint density at radius 3 is 2.36 bits per heavy atom. The average molecular weight is 354 g/mol. The first-order chi connectivity index (χ1) is 12.2. The number of methoxy groups -OCH3 is 1. The molecule has 2 N–H and O–H groups in total. The number of pyridine rings is 1. The first kappa shape index (κ1) is 16.8. The molecule has 2 aromatic carbocycles. The van der Waals surface area contributed by atoms with Gasteiger partial charge in [0, 0.05) is 5.69 Å². The molecule has 1 heterocycles. The van der Waals surface area contributed by atoms with Crippen LogP contribution in [0.2, 0.25) is 5.02 Å². The van der Waals surface area contributed by atoms with Gasteiger partial charge in [-0.2, -0.15) is 0 Å². The maximum absolute atomic E-state index is 12.2. The van der Waals surface area contributed by atoms with Gasteiger partial charge in [0.15, 0.2) is 0 Å². The molecule has 1 aromatic heterocycles. The maximum Gasteiger partial charge on any atom is 0.257 e. The van der Waals surface area contributed by atoms with Gasteiger partial charge in [0.1, 0.15) is 11.6 Å².